The summed E-state index contributed by atoms with van der Waals surface area (Å²) in [5, 5.41) is 6.14. The maximum absolute atomic E-state index is 13.5. The van der Waals surface area contributed by atoms with E-state index in [1.807, 2.05) is 18.7 Å². The molecular formula is C18H28F3IN4O. The van der Waals surface area contributed by atoms with Gasteiger partial charge in [0.1, 0.15) is 0 Å². The Kier molecular flexibility index (Phi) is 10.2. The first-order valence-corrected chi connectivity index (χ1v) is 9.00. The zero-order valence-corrected chi connectivity index (χ0v) is 18.1. The minimum atomic E-state index is -4.41. The Hall–Kier alpha value is -1.23. The zero-order valence-electron chi connectivity index (χ0n) is 15.7. The number of benzene rings is 1. The summed E-state index contributed by atoms with van der Waals surface area (Å²) in [7, 11) is 0. The average Bonchev–Trinajstić information content (AvgIpc) is 2.64. The molecule has 1 aliphatic heterocycles. The summed E-state index contributed by atoms with van der Waals surface area (Å²) in [4.78, 5) is 6.21. The molecule has 0 aliphatic carbocycles. The standard InChI is InChI=1S/C18H27F3N4O.HI/c1-3-7-23-17(22-4-2)24-13-14-5-6-15(12-16(14)18(19,20)21)25-8-10-26-11-9-25;/h5-6,12H,3-4,7-11,13H2,1-2H3,(H2,22,23,24);1H. The van der Waals surface area contributed by atoms with Crippen molar-refractivity contribution in [3.05, 3.63) is 29.3 Å². The Bertz CT molecular complexity index is 605. The Balaban J connectivity index is 0.00000364. The molecule has 1 heterocycles. The number of halogens is 4. The van der Waals surface area contributed by atoms with Crippen LogP contribution in [-0.2, 0) is 17.5 Å². The molecule has 1 fully saturated rings. The Labute approximate surface area is 175 Å². The minimum absolute atomic E-state index is 0. The highest BCUT2D eigenvalue weighted by atomic mass is 127. The van der Waals surface area contributed by atoms with Gasteiger partial charge in [-0.25, -0.2) is 4.99 Å². The Morgan fingerprint density at radius 2 is 1.89 bits per heavy atom. The molecule has 0 spiro atoms. The van der Waals surface area contributed by atoms with E-state index in [2.05, 4.69) is 15.6 Å². The van der Waals surface area contributed by atoms with Crippen molar-refractivity contribution < 1.29 is 17.9 Å². The van der Waals surface area contributed by atoms with Gasteiger partial charge in [0, 0.05) is 31.9 Å². The molecule has 1 aliphatic rings. The van der Waals surface area contributed by atoms with Gasteiger partial charge in [0.05, 0.1) is 25.3 Å². The van der Waals surface area contributed by atoms with Crippen molar-refractivity contribution in [2.24, 2.45) is 4.99 Å². The van der Waals surface area contributed by atoms with Crippen LogP contribution in [0.1, 0.15) is 31.4 Å². The van der Waals surface area contributed by atoms with Gasteiger partial charge in [-0.1, -0.05) is 13.0 Å². The second kappa shape index (κ2) is 11.6. The lowest BCUT2D eigenvalue weighted by Crippen LogP contribution is -2.37. The largest absolute Gasteiger partial charge is 0.416 e. The normalized spacial score (nSPS) is 15.3. The molecule has 2 rings (SSSR count). The van der Waals surface area contributed by atoms with Gasteiger partial charge in [-0.15, -0.1) is 24.0 Å². The third kappa shape index (κ3) is 7.36. The molecule has 9 heteroatoms. The maximum Gasteiger partial charge on any atom is 0.416 e. The number of alkyl halides is 3. The van der Waals surface area contributed by atoms with Crippen LogP contribution in [0.5, 0.6) is 0 Å². The van der Waals surface area contributed by atoms with E-state index in [1.165, 1.54) is 12.1 Å². The van der Waals surface area contributed by atoms with Crippen molar-refractivity contribution >= 4 is 35.6 Å². The molecule has 0 atom stereocenters. The lowest BCUT2D eigenvalue weighted by atomic mass is 10.1. The summed E-state index contributed by atoms with van der Waals surface area (Å²) in [5.74, 6) is 0.528. The number of hydrogen-bond acceptors (Lipinski definition) is 3. The van der Waals surface area contributed by atoms with E-state index < -0.39 is 11.7 Å². The van der Waals surface area contributed by atoms with Crippen LogP contribution >= 0.6 is 24.0 Å². The van der Waals surface area contributed by atoms with Crippen molar-refractivity contribution in [1.82, 2.24) is 10.6 Å². The van der Waals surface area contributed by atoms with Gasteiger partial charge in [0.2, 0.25) is 0 Å². The molecule has 5 nitrogen and oxygen atoms in total. The molecule has 0 aromatic heterocycles. The summed E-state index contributed by atoms with van der Waals surface area (Å²) < 4.78 is 45.9. The van der Waals surface area contributed by atoms with Crippen LogP contribution in [0.25, 0.3) is 0 Å². The molecule has 0 radical (unpaired) electrons. The molecule has 1 aromatic rings. The Morgan fingerprint density at radius 3 is 2.48 bits per heavy atom. The lowest BCUT2D eigenvalue weighted by molar-refractivity contribution is -0.138. The summed E-state index contributed by atoms with van der Waals surface area (Å²) >= 11 is 0. The van der Waals surface area contributed by atoms with E-state index in [0.717, 1.165) is 6.42 Å². The number of nitrogens with zero attached hydrogens (tertiary/aromatic N) is 2. The number of rotatable bonds is 6. The highest BCUT2D eigenvalue weighted by Crippen LogP contribution is 2.35. The SMILES string of the molecule is CCCNC(=NCc1ccc(N2CCOCC2)cc1C(F)(F)F)NCC.I. The number of aliphatic imine (C=N–C) groups is 1. The summed E-state index contributed by atoms with van der Waals surface area (Å²) in [6.07, 6.45) is -3.51. The van der Waals surface area contributed by atoms with Gasteiger partial charge in [-0.2, -0.15) is 13.2 Å². The predicted octanol–water partition coefficient (Wildman–Crippen LogP) is 3.63. The molecule has 0 saturated carbocycles. The maximum atomic E-state index is 13.5. The fourth-order valence-corrected chi connectivity index (χ4v) is 2.73. The van der Waals surface area contributed by atoms with Gasteiger partial charge >= 0.3 is 6.18 Å². The molecule has 1 aromatic carbocycles. The van der Waals surface area contributed by atoms with Crippen molar-refractivity contribution in [2.75, 3.05) is 44.3 Å². The molecule has 2 N–H and O–H groups in total. The fraction of sp³-hybridized carbons (Fsp3) is 0.611. The van der Waals surface area contributed by atoms with E-state index >= 15 is 0 Å². The van der Waals surface area contributed by atoms with E-state index in [4.69, 9.17) is 4.74 Å². The molecule has 0 bridgehead atoms. The van der Waals surface area contributed by atoms with Crippen LogP contribution in [0.15, 0.2) is 23.2 Å². The highest BCUT2D eigenvalue weighted by Gasteiger charge is 2.34. The second-order valence-electron chi connectivity index (χ2n) is 6.06. The van der Waals surface area contributed by atoms with Gasteiger partial charge in [0.15, 0.2) is 5.96 Å². The number of ether oxygens (including phenoxy) is 1. The molecule has 0 amide bonds. The van der Waals surface area contributed by atoms with Gasteiger partial charge in [-0.05, 0) is 31.0 Å². The monoisotopic (exact) mass is 500 g/mol. The number of hydrogen-bond donors (Lipinski definition) is 2. The van der Waals surface area contributed by atoms with Crippen LogP contribution in [0.2, 0.25) is 0 Å². The topological polar surface area (TPSA) is 48.9 Å². The second-order valence-corrected chi connectivity index (χ2v) is 6.06. The number of guanidine groups is 1. The third-order valence-electron chi connectivity index (χ3n) is 4.07. The number of nitrogens with one attached hydrogen (secondary N) is 2. The quantitative estimate of drug-likeness (QED) is 0.356. The Morgan fingerprint density at radius 1 is 1.19 bits per heavy atom. The van der Waals surface area contributed by atoms with Gasteiger partial charge in [-0.3, -0.25) is 0 Å². The zero-order chi connectivity index (χ0) is 19.0. The fourth-order valence-electron chi connectivity index (χ4n) is 2.73. The van der Waals surface area contributed by atoms with Crippen molar-refractivity contribution in [2.45, 2.75) is 33.0 Å². The summed E-state index contributed by atoms with van der Waals surface area (Å²) in [5.41, 5.74) is 0.115. The molecule has 1 saturated heterocycles. The first-order chi connectivity index (χ1) is 12.5. The molecule has 27 heavy (non-hydrogen) atoms. The lowest BCUT2D eigenvalue weighted by Gasteiger charge is -2.29. The average molecular weight is 500 g/mol. The predicted molar refractivity (Wildman–Crippen MR) is 113 cm³/mol. The van der Waals surface area contributed by atoms with Crippen LogP contribution < -0.4 is 15.5 Å². The van der Waals surface area contributed by atoms with Crippen LogP contribution in [0.4, 0.5) is 18.9 Å². The van der Waals surface area contributed by atoms with Crippen LogP contribution in [-0.4, -0.2) is 45.4 Å². The highest BCUT2D eigenvalue weighted by molar-refractivity contribution is 14.0. The first-order valence-electron chi connectivity index (χ1n) is 9.00. The smallest absolute Gasteiger partial charge is 0.378 e. The molecule has 154 valence electrons. The van der Waals surface area contributed by atoms with E-state index in [-0.39, 0.29) is 36.1 Å². The van der Waals surface area contributed by atoms with Crippen molar-refractivity contribution in [3.63, 3.8) is 0 Å². The van der Waals surface area contributed by atoms with Crippen molar-refractivity contribution in [1.29, 1.82) is 0 Å². The first kappa shape index (κ1) is 23.8. The minimum Gasteiger partial charge on any atom is -0.378 e. The van der Waals surface area contributed by atoms with Gasteiger partial charge < -0.3 is 20.3 Å². The van der Waals surface area contributed by atoms with Crippen LogP contribution in [0.3, 0.4) is 0 Å². The van der Waals surface area contributed by atoms with Gasteiger partial charge in [0.25, 0.3) is 0 Å². The molecule has 0 unspecified atom stereocenters. The molecular weight excluding hydrogens is 472 g/mol. The number of anilines is 1. The summed E-state index contributed by atoms with van der Waals surface area (Å²) in [6.45, 7) is 7.53. The van der Waals surface area contributed by atoms with E-state index in [0.29, 0.717) is 51.0 Å². The van der Waals surface area contributed by atoms with E-state index in [9.17, 15) is 13.2 Å². The van der Waals surface area contributed by atoms with Crippen molar-refractivity contribution in [3.8, 4) is 0 Å². The summed E-state index contributed by atoms with van der Waals surface area (Å²) in [6, 6.07) is 4.49. The van der Waals surface area contributed by atoms with E-state index in [1.54, 1.807) is 6.07 Å². The number of morpholine rings is 1. The third-order valence-corrected chi connectivity index (χ3v) is 4.07. The van der Waals surface area contributed by atoms with Crippen LogP contribution in [0, 0.1) is 0 Å².